The van der Waals surface area contributed by atoms with Gasteiger partial charge in [0.1, 0.15) is 5.75 Å². The smallest absolute Gasteiger partial charge is 0.222 e. The molecule has 0 radical (unpaired) electrons. The van der Waals surface area contributed by atoms with E-state index in [4.69, 9.17) is 10.5 Å². The SMILES string of the molecule is CC(N)Cc1cccnc1Oc1ccc2c(c1)CCC2. The Morgan fingerprint density at radius 3 is 2.95 bits per heavy atom. The standard InChI is InChI=1S/C17H20N2O/c1-12(18)10-15-6-3-9-19-17(15)20-16-8-7-13-4-2-5-14(13)11-16/h3,6-9,11-12H,2,4-5,10,18H2,1H3. The molecule has 104 valence electrons. The van der Waals surface area contributed by atoms with Gasteiger partial charge in [0.15, 0.2) is 0 Å². The van der Waals surface area contributed by atoms with Crippen LogP contribution in [0.5, 0.6) is 11.6 Å². The molecule has 1 aliphatic carbocycles. The van der Waals surface area contributed by atoms with Crippen molar-refractivity contribution in [2.45, 2.75) is 38.6 Å². The van der Waals surface area contributed by atoms with Crippen molar-refractivity contribution in [1.29, 1.82) is 0 Å². The van der Waals surface area contributed by atoms with Crippen LogP contribution in [0.1, 0.15) is 30.0 Å². The second kappa shape index (κ2) is 5.63. The third-order valence-corrected chi connectivity index (χ3v) is 3.68. The van der Waals surface area contributed by atoms with Gasteiger partial charge in [0.05, 0.1) is 0 Å². The van der Waals surface area contributed by atoms with Gasteiger partial charge in [-0.2, -0.15) is 0 Å². The van der Waals surface area contributed by atoms with E-state index < -0.39 is 0 Å². The Kier molecular flexibility index (Phi) is 3.70. The lowest BCUT2D eigenvalue weighted by atomic mass is 10.1. The summed E-state index contributed by atoms with van der Waals surface area (Å²) in [5.41, 5.74) is 9.80. The van der Waals surface area contributed by atoms with Gasteiger partial charge >= 0.3 is 0 Å². The van der Waals surface area contributed by atoms with Gasteiger partial charge in [-0.1, -0.05) is 12.1 Å². The van der Waals surface area contributed by atoms with Crippen molar-refractivity contribution >= 4 is 0 Å². The molecule has 1 aromatic heterocycles. The van der Waals surface area contributed by atoms with Crippen LogP contribution in [-0.4, -0.2) is 11.0 Å². The normalized spacial score (nSPS) is 14.9. The number of benzene rings is 1. The highest BCUT2D eigenvalue weighted by Crippen LogP contribution is 2.29. The van der Waals surface area contributed by atoms with Crippen LogP contribution in [-0.2, 0) is 19.3 Å². The van der Waals surface area contributed by atoms with E-state index in [-0.39, 0.29) is 6.04 Å². The predicted octanol–water partition coefficient (Wildman–Crippen LogP) is 3.25. The van der Waals surface area contributed by atoms with Gasteiger partial charge in [-0.05, 0) is 61.9 Å². The van der Waals surface area contributed by atoms with Crippen LogP contribution >= 0.6 is 0 Å². The molecular weight excluding hydrogens is 248 g/mol. The van der Waals surface area contributed by atoms with E-state index >= 15 is 0 Å². The molecule has 0 saturated heterocycles. The summed E-state index contributed by atoms with van der Waals surface area (Å²) in [5.74, 6) is 1.54. The Labute approximate surface area is 119 Å². The van der Waals surface area contributed by atoms with Gasteiger partial charge < -0.3 is 10.5 Å². The first-order chi connectivity index (χ1) is 9.72. The minimum atomic E-state index is 0.0987. The Morgan fingerprint density at radius 2 is 2.10 bits per heavy atom. The summed E-state index contributed by atoms with van der Waals surface area (Å²) in [6, 6.07) is 10.4. The molecule has 2 aromatic rings. The maximum Gasteiger partial charge on any atom is 0.222 e. The molecule has 3 nitrogen and oxygen atoms in total. The third-order valence-electron chi connectivity index (χ3n) is 3.68. The maximum atomic E-state index is 5.97. The van der Waals surface area contributed by atoms with Crippen LogP contribution in [0, 0.1) is 0 Å². The van der Waals surface area contributed by atoms with Crippen molar-refractivity contribution in [3.63, 3.8) is 0 Å². The molecule has 1 aliphatic rings. The van der Waals surface area contributed by atoms with Crippen LogP contribution < -0.4 is 10.5 Å². The summed E-state index contributed by atoms with van der Waals surface area (Å²) in [4.78, 5) is 4.34. The average molecular weight is 268 g/mol. The molecule has 3 heteroatoms. The van der Waals surface area contributed by atoms with Crippen molar-refractivity contribution in [3.05, 3.63) is 53.2 Å². The highest BCUT2D eigenvalue weighted by Gasteiger charge is 2.13. The van der Waals surface area contributed by atoms with Gasteiger partial charge in [-0.15, -0.1) is 0 Å². The van der Waals surface area contributed by atoms with Crippen molar-refractivity contribution in [1.82, 2.24) is 4.98 Å². The Bertz CT molecular complexity index is 608. The second-order valence-corrected chi connectivity index (χ2v) is 5.54. The average Bonchev–Trinajstić information content (AvgIpc) is 2.88. The van der Waals surface area contributed by atoms with E-state index in [9.17, 15) is 0 Å². The van der Waals surface area contributed by atoms with Gasteiger partial charge in [0, 0.05) is 17.8 Å². The predicted molar refractivity (Wildman–Crippen MR) is 80.1 cm³/mol. The van der Waals surface area contributed by atoms with Crippen LogP contribution in [0.25, 0.3) is 0 Å². The molecule has 0 amide bonds. The summed E-state index contributed by atoms with van der Waals surface area (Å²) in [6.07, 6.45) is 6.12. The van der Waals surface area contributed by atoms with Gasteiger partial charge in [0.25, 0.3) is 0 Å². The molecule has 2 N–H and O–H groups in total. The van der Waals surface area contributed by atoms with Crippen LogP contribution in [0.4, 0.5) is 0 Å². The van der Waals surface area contributed by atoms with Gasteiger partial charge in [-0.25, -0.2) is 4.98 Å². The molecule has 0 fully saturated rings. The van der Waals surface area contributed by atoms with Crippen LogP contribution in [0.2, 0.25) is 0 Å². The molecule has 3 rings (SSSR count). The summed E-state index contributed by atoms with van der Waals surface area (Å²) < 4.78 is 5.97. The van der Waals surface area contributed by atoms with Gasteiger partial charge in [0.2, 0.25) is 5.88 Å². The maximum absolute atomic E-state index is 5.97. The van der Waals surface area contributed by atoms with Crippen molar-refractivity contribution < 1.29 is 4.74 Å². The summed E-state index contributed by atoms with van der Waals surface area (Å²) in [7, 11) is 0. The minimum Gasteiger partial charge on any atom is -0.439 e. The number of nitrogens with two attached hydrogens (primary N) is 1. The molecule has 0 bridgehead atoms. The fourth-order valence-electron chi connectivity index (χ4n) is 2.74. The Balaban J connectivity index is 1.84. The molecule has 0 saturated carbocycles. The highest BCUT2D eigenvalue weighted by molar-refractivity contribution is 5.40. The van der Waals surface area contributed by atoms with E-state index in [2.05, 4.69) is 17.1 Å². The zero-order valence-electron chi connectivity index (χ0n) is 11.8. The molecule has 1 heterocycles. The Morgan fingerprint density at radius 1 is 1.25 bits per heavy atom. The number of aryl methyl sites for hydroxylation is 2. The van der Waals surface area contributed by atoms with E-state index in [0.717, 1.165) is 24.2 Å². The van der Waals surface area contributed by atoms with E-state index in [1.165, 1.54) is 24.0 Å². The minimum absolute atomic E-state index is 0.0987. The number of pyridine rings is 1. The summed E-state index contributed by atoms with van der Waals surface area (Å²) in [6.45, 7) is 1.99. The lowest BCUT2D eigenvalue weighted by Crippen LogP contribution is -2.18. The number of hydrogen-bond donors (Lipinski definition) is 1. The number of aromatic nitrogens is 1. The first-order valence-electron chi connectivity index (χ1n) is 7.21. The zero-order chi connectivity index (χ0) is 13.9. The van der Waals surface area contributed by atoms with E-state index in [1.807, 2.05) is 25.1 Å². The van der Waals surface area contributed by atoms with Crippen LogP contribution in [0.15, 0.2) is 36.5 Å². The summed E-state index contributed by atoms with van der Waals surface area (Å²) >= 11 is 0. The molecule has 0 spiro atoms. The number of fused-ring (bicyclic) bond motifs is 1. The first-order valence-corrected chi connectivity index (χ1v) is 7.21. The third kappa shape index (κ3) is 2.83. The van der Waals surface area contributed by atoms with Crippen molar-refractivity contribution in [2.24, 2.45) is 5.73 Å². The number of ether oxygens (including phenoxy) is 1. The zero-order valence-corrected chi connectivity index (χ0v) is 11.8. The molecular formula is C17H20N2O. The largest absolute Gasteiger partial charge is 0.439 e. The van der Waals surface area contributed by atoms with Crippen molar-refractivity contribution in [3.8, 4) is 11.6 Å². The fraction of sp³-hybridized carbons (Fsp3) is 0.353. The van der Waals surface area contributed by atoms with Gasteiger partial charge in [-0.3, -0.25) is 0 Å². The van der Waals surface area contributed by atoms with E-state index in [1.54, 1.807) is 6.20 Å². The molecule has 0 aliphatic heterocycles. The fourth-order valence-corrected chi connectivity index (χ4v) is 2.74. The lowest BCUT2D eigenvalue weighted by molar-refractivity contribution is 0.453. The number of hydrogen-bond acceptors (Lipinski definition) is 3. The monoisotopic (exact) mass is 268 g/mol. The highest BCUT2D eigenvalue weighted by atomic mass is 16.5. The molecule has 1 atom stereocenters. The second-order valence-electron chi connectivity index (χ2n) is 5.54. The summed E-state index contributed by atoms with van der Waals surface area (Å²) in [5, 5.41) is 0. The van der Waals surface area contributed by atoms with E-state index in [0.29, 0.717) is 5.88 Å². The van der Waals surface area contributed by atoms with Crippen LogP contribution in [0.3, 0.4) is 0 Å². The Hall–Kier alpha value is -1.87. The number of nitrogens with zero attached hydrogens (tertiary/aromatic N) is 1. The van der Waals surface area contributed by atoms with Crippen molar-refractivity contribution in [2.75, 3.05) is 0 Å². The first kappa shape index (κ1) is 13.1. The quantitative estimate of drug-likeness (QED) is 0.926. The topological polar surface area (TPSA) is 48.1 Å². The molecule has 20 heavy (non-hydrogen) atoms. The molecule has 1 unspecified atom stereocenters. The number of rotatable bonds is 4. The molecule has 1 aromatic carbocycles. The lowest BCUT2D eigenvalue weighted by Gasteiger charge is -2.12.